The fourth-order valence-electron chi connectivity index (χ4n) is 3.85. The molecule has 0 aliphatic carbocycles. The number of fused-ring (bicyclic) bond motifs is 3. The lowest BCUT2D eigenvalue weighted by molar-refractivity contribution is 0.482. The average Bonchev–Trinajstić information content (AvgIpc) is 3.46. The molecule has 0 bridgehead atoms. The van der Waals surface area contributed by atoms with Gasteiger partial charge in [-0.25, -0.2) is 9.67 Å². The third kappa shape index (κ3) is 3.00. The van der Waals surface area contributed by atoms with Crippen LogP contribution in [0, 0.1) is 0 Å². The van der Waals surface area contributed by atoms with Gasteiger partial charge in [-0.15, -0.1) is 5.10 Å². The summed E-state index contributed by atoms with van der Waals surface area (Å²) in [6.07, 6.45) is 3.36. The number of pyridine rings is 1. The maximum absolute atomic E-state index is 6.20. The zero-order valence-corrected chi connectivity index (χ0v) is 16.3. The van der Waals surface area contributed by atoms with E-state index in [1.807, 2.05) is 60.7 Å². The van der Waals surface area contributed by atoms with Crippen molar-refractivity contribution in [3.63, 3.8) is 0 Å². The number of para-hydroxylation sites is 1. The van der Waals surface area contributed by atoms with Gasteiger partial charge in [-0.2, -0.15) is 0 Å². The van der Waals surface area contributed by atoms with E-state index in [0.29, 0.717) is 5.75 Å². The van der Waals surface area contributed by atoms with Gasteiger partial charge >= 0.3 is 0 Å². The van der Waals surface area contributed by atoms with Crippen molar-refractivity contribution in [1.82, 2.24) is 29.8 Å². The van der Waals surface area contributed by atoms with Crippen molar-refractivity contribution >= 4 is 21.8 Å². The zero-order valence-electron chi connectivity index (χ0n) is 16.3. The molecule has 0 aliphatic rings. The van der Waals surface area contributed by atoms with Crippen LogP contribution in [0.1, 0.15) is 0 Å². The molecular weight excluding hydrogens is 388 g/mol. The van der Waals surface area contributed by atoms with Crippen LogP contribution < -0.4 is 4.74 Å². The highest BCUT2D eigenvalue weighted by molar-refractivity contribution is 6.09. The summed E-state index contributed by atoms with van der Waals surface area (Å²) < 4.78 is 9.95. The Labute approximate surface area is 177 Å². The fraction of sp³-hybridized carbons (Fsp3) is 0. The first-order chi connectivity index (χ1) is 15.4. The molecule has 0 fully saturated rings. The number of aromatic nitrogens is 6. The smallest absolute Gasteiger partial charge is 0.143 e. The Balaban J connectivity index is 1.48. The minimum Gasteiger partial charge on any atom is -0.457 e. The summed E-state index contributed by atoms with van der Waals surface area (Å²) in [4.78, 5) is 4.58. The molecule has 7 nitrogen and oxygen atoms in total. The highest BCUT2D eigenvalue weighted by atomic mass is 16.5. The molecule has 3 aromatic carbocycles. The number of hydrogen-bond donors (Lipinski definition) is 0. The molecule has 3 heterocycles. The Bertz CT molecular complexity index is 1510. The van der Waals surface area contributed by atoms with E-state index in [1.165, 1.54) is 5.39 Å². The Hall–Kier alpha value is -4.52. The van der Waals surface area contributed by atoms with Crippen LogP contribution in [0.3, 0.4) is 0 Å². The maximum atomic E-state index is 6.20. The number of benzene rings is 3. The van der Waals surface area contributed by atoms with Gasteiger partial charge in [-0.3, -0.25) is 4.57 Å². The van der Waals surface area contributed by atoms with Crippen molar-refractivity contribution in [3.8, 4) is 23.0 Å². The van der Waals surface area contributed by atoms with Crippen molar-refractivity contribution in [1.29, 1.82) is 0 Å². The summed E-state index contributed by atoms with van der Waals surface area (Å²) >= 11 is 0. The van der Waals surface area contributed by atoms with Crippen LogP contribution >= 0.6 is 0 Å². The lowest BCUT2D eigenvalue weighted by Crippen LogP contribution is -1.97. The summed E-state index contributed by atoms with van der Waals surface area (Å²) in [5, 5.41) is 13.6. The Kier molecular flexibility index (Phi) is 3.96. The van der Waals surface area contributed by atoms with E-state index in [4.69, 9.17) is 4.74 Å². The standard InChI is InChI=1S/C24H16N6O/c1-2-9-22-20(8-1)21-12-11-19(15-23(21)30(22)24-10-3-4-13-25-24)31-18-7-5-6-17(14-18)29-16-26-27-28-29/h1-16H. The van der Waals surface area contributed by atoms with Crippen LogP contribution in [-0.4, -0.2) is 29.8 Å². The Morgan fingerprint density at radius 1 is 0.710 bits per heavy atom. The molecule has 3 aromatic heterocycles. The lowest BCUT2D eigenvalue weighted by Gasteiger charge is -2.09. The molecule has 6 aromatic rings. The molecule has 0 unspecified atom stereocenters. The molecule has 0 radical (unpaired) electrons. The molecule has 31 heavy (non-hydrogen) atoms. The Morgan fingerprint density at radius 2 is 1.58 bits per heavy atom. The van der Waals surface area contributed by atoms with E-state index in [1.54, 1.807) is 17.2 Å². The first-order valence-electron chi connectivity index (χ1n) is 9.83. The van der Waals surface area contributed by atoms with Crippen LogP contribution in [0.5, 0.6) is 11.5 Å². The van der Waals surface area contributed by atoms with Gasteiger partial charge < -0.3 is 4.74 Å². The molecule has 0 atom stereocenters. The number of nitrogens with zero attached hydrogens (tertiary/aromatic N) is 6. The van der Waals surface area contributed by atoms with E-state index in [-0.39, 0.29) is 0 Å². The number of tetrazole rings is 1. The van der Waals surface area contributed by atoms with E-state index in [2.05, 4.69) is 49.3 Å². The summed E-state index contributed by atoms with van der Waals surface area (Å²) in [7, 11) is 0. The first kappa shape index (κ1) is 17.3. The fourth-order valence-corrected chi connectivity index (χ4v) is 3.85. The van der Waals surface area contributed by atoms with Crippen LogP contribution in [0.2, 0.25) is 0 Å². The predicted octanol–water partition coefficient (Wildman–Crippen LogP) is 4.95. The first-order valence-corrected chi connectivity index (χ1v) is 9.83. The van der Waals surface area contributed by atoms with Gasteiger partial charge in [0.2, 0.25) is 0 Å². The van der Waals surface area contributed by atoms with Crippen molar-refractivity contribution in [3.05, 3.63) is 97.5 Å². The quantitative estimate of drug-likeness (QED) is 0.416. The van der Waals surface area contributed by atoms with Crippen molar-refractivity contribution < 1.29 is 4.74 Å². The van der Waals surface area contributed by atoms with Gasteiger partial charge in [0.1, 0.15) is 23.6 Å². The lowest BCUT2D eigenvalue weighted by atomic mass is 10.1. The number of hydrogen-bond acceptors (Lipinski definition) is 5. The highest BCUT2D eigenvalue weighted by Gasteiger charge is 2.13. The van der Waals surface area contributed by atoms with Gasteiger partial charge in [-0.1, -0.05) is 30.3 Å². The SMILES string of the molecule is c1ccc(-n2c3ccccc3c3ccc(Oc4cccc(-n5cnnn5)c4)cc32)nc1. The van der Waals surface area contributed by atoms with Gasteiger partial charge in [0, 0.05) is 29.1 Å². The molecule has 0 amide bonds. The van der Waals surface area contributed by atoms with Crippen LogP contribution in [0.15, 0.2) is 97.5 Å². The summed E-state index contributed by atoms with van der Waals surface area (Å²) in [6, 6.07) is 28.0. The molecular formula is C24H16N6O. The van der Waals surface area contributed by atoms with Gasteiger partial charge in [-0.05, 0) is 52.9 Å². The molecule has 0 N–H and O–H groups in total. The van der Waals surface area contributed by atoms with Crippen molar-refractivity contribution in [2.24, 2.45) is 0 Å². The molecule has 148 valence electrons. The van der Waals surface area contributed by atoms with E-state index in [0.717, 1.165) is 33.7 Å². The minimum atomic E-state index is 0.702. The molecule has 0 saturated carbocycles. The van der Waals surface area contributed by atoms with Crippen molar-refractivity contribution in [2.75, 3.05) is 0 Å². The van der Waals surface area contributed by atoms with E-state index < -0.39 is 0 Å². The van der Waals surface area contributed by atoms with Crippen LogP contribution in [0.4, 0.5) is 0 Å². The average molecular weight is 404 g/mol. The zero-order chi connectivity index (χ0) is 20.6. The molecule has 6 rings (SSSR count). The maximum Gasteiger partial charge on any atom is 0.143 e. The van der Waals surface area contributed by atoms with Crippen LogP contribution in [0.25, 0.3) is 33.3 Å². The molecule has 0 aliphatic heterocycles. The van der Waals surface area contributed by atoms with Crippen molar-refractivity contribution in [2.45, 2.75) is 0 Å². The monoisotopic (exact) mass is 404 g/mol. The second-order valence-corrected chi connectivity index (χ2v) is 7.07. The summed E-state index contributed by atoms with van der Waals surface area (Å²) in [5.74, 6) is 2.31. The number of rotatable bonds is 4. The van der Waals surface area contributed by atoms with Crippen LogP contribution in [-0.2, 0) is 0 Å². The largest absolute Gasteiger partial charge is 0.457 e. The Morgan fingerprint density at radius 3 is 2.45 bits per heavy atom. The third-order valence-electron chi connectivity index (χ3n) is 5.19. The molecule has 7 heteroatoms. The topological polar surface area (TPSA) is 70.7 Å². The third-order valence-corrected chi connectivity index (χ3v) is 5.19. The summed E-state index contributed by atoms with van der Waals surface area (Å²) in [6.45, 7) is 0. The normalized spacial score (nSPS) is 11.2. The second kappa shape index (κ2) is 7.07. The van der Waals surface area contributed by atoms with Gasteiger partial charge in [0.15, 0.2) is 0 Å². The van der Waals surface area contributed by atoms with E-state index in [9.17, 15) is 0 Å². The molecule has 0 spiro atoms. The van der Waals surface area contributed by atoms with E-state index >= 15 is 0 Å². The van der Waals surface area contributed by atoms with Gasteiger partial charge in [0.25, 0.3) is 0 Å². The predicted molar refractivity (Wildman–Crippen MR) is 118 cm³/mol. The number of ether oxygens (including phenoxy) is 1. The highest BCUT2D eigenvalue weighted by Crippen LogP contribution is 2.34. The summed E-state index contributed by atoms with van der Waals surface area (Å²) in [5.41, 5.74) is 2.97. The molecule has 0 saturated heterocycles. The van der Waals surface area contributed by atoms with Gasteiger partial charge in [0.05, 0.1) is 16.7 Å². The second-order valence-electron chi connectivity index (χ2n) is 7.07. The minimum absolute atomic E-state index is 0.702.